The van der Waals surface area contributed by atoms with Gasteiger partial charge in [-0.2, -0.15) is 0 Å². The zero-order valence-corrected chi connectivity index (χ0v) is 12.2. The zero-order valence-electron chi connectivity index (χ0n) is 10.6. The second-order valence-corrected chi connectivity index (χ2v) is 7.77. The standard InChI is InChI=1S/C11H17N3O2S2/c1-11(2,18(3,15)16)7-14-8-4-5-13-9(6-8)10(12)17/h4-6H,7H2,1-3H3,(H2,12,17)(H,13,14). The normalized spacial score (nSPS) is 12.2. The molecule has 0 radical (unpaired) electrons. The Hall–Kier alpha value is -1.21. The van der Waals surface area contributed by atoms with Crippen molar-refractivity contribution < 1.29 is 8.42 Å². The fourth-order valence-corrected chi connectivity index (χ4v) is 1.57. The predicted octanol–water partition coefficient (Wildman–Crippen LogP) is 0.951. The number of thiocarbonyl (C=S) groups is 1. The maximum Gasteiger partial charge on any atom is 0.154 e. The molecule has 0 aromatic carbocycles. The summed E-state index contributed by atoms with van der Waals surface area (Å²) >= 11 is 4.83. The number of nitrogens with one attached hydrogen (secondary N) is 1. The van der Waals surface area contributed by atoms with Crippen LogP contribution in [0, 0.1) is 0 Å². The van der Waals surface area contributed by atoms with Crippen LogP contribution in [0.15, 0.2) is 18.3 Å². The predicted molar refractivity (Wildman–Crippen MR) is 77.5 cm³/mol. The van der Waals surface area contributed by atoms with Crippen molar-refractivity contribution >= 4 is 32.7 Å². The van der Waals surface area contributed by atoms with Gasteiger partial charge in [0, 0.05) is 24.7 Å². The van der Waals surface area contributed by atoms with Gasteiger partial charge in [-0.25, -0.2) is 8.42 Å². The van der Waals surface area contributed by atoms with Crippen molar-refractivity contribution in [2.24, 2.45) is 5.73 Å². The highest BCUT2D eigenvalue weighted by atomic mass is 32.2. The molecule has 18 heavy (non-hydrogen) atoms. The first-order chi connectivity index (χ1) is 8.13. The van der Waals surface area contributed by atoms with E-state index < -0.39 is 14.6 Å². The van der Waals surface area contributed by atoms with E-state index >= 15 is 0 Å². The number of hydrogen-bond donors (Lipinski definition) is 2. The Kier molecular flexibility index (Phi) is 4.28. The molecule has 1 rings (SSSR count). The summed E-state index contributed by atoms with van der Waals surface area (Å²) in [4.78, 5) is 4.22. The Morgan fingerprint density at radius 3 is 2.67 bits per heavy atom. The molecular formula is C11H17N3O2S2. The molecule has 0 atom stereocenters. The van der Waals surface area contributed by atoms with Crippen molar-refractivity contribution in [2.45, 2.75) is 18.6 Å². The summed E-state index contributed by atoms with van der Waals surface area (Å²) in [7, 11) is -3.13. The Balaban J connectivity index is 2.82. The number of sulfone groups is 1. The van der Waals surface area contributed by atoms with Crippen LogP contribution in [0.4, 0.5) is 5.69 Å². The summed E-state index contributed by atoms with van der Waals surface area (Å²) in [5.74, 6) is 0. The number of rotatable bonds is 5. The number of pyridine rings is 1. The number of nitrogens with zero attached hydrogens (tertiary/aromatic N) is 1. The fraction of sp³-hybridized carbons (Fsp3) is 0.455. The monoisotopic (exact) mass is 287 g/mol. The van der Waals surface area contributed by atoms with Gasteiger partial charge in [0.15, 0.2) is 9.84 Å². The number of anilines is 1. The lowest BCUT2D eigenvalue weighted by Gasteiger charge is -2.23. The molecule has 1 heterocycles. The van der Waals surface area contributed by atoms with Crippen molar-refractivity contribution in [1.82, 2.24) is 4.98 Å². The van der Waals surface area contributed by atoms with Gasteiger partial charge in [-0.15, -0.1) is 0 Å². The van der Waals surface area contributed by atoms with E-state index in [9.17, 15) is 8.42 Å². The Morgan fingerprint density at radius 2 is 2.17 bits per heavy atom. The van der Waals surface area contributed by atoms with E-state index in [0.717, 1.165) is 5.69 Å². The number of nitrogens with two attached hydrogens (primary N) is 1. The third kappa shape index (κ3) is 3.64. The lowest BCUT2D eigenvalue weighted by Crippen LogP contribution is -2.38. The Labute approximate surface area is 113 Å². The summed E-state index contributed by atoms with van der Waals surface area (Å²) in [6.45, 7) is 3.64. The maximum atomic E-state index is 11.6. The fourth-order valence-electron chi connectivity index (χ4n) is 1.12. The summed E-state index contributed by atoms with van der Waals surface area (Å²) < 4.78 is 22.3. The van der Waals surface area contributed by atoms with Crippen LogP contribution in [-0.2, 0) is 9.84 Å². The third-order valence-corrected chi connectivity index (χ3v) is 5.10. The van der Waals surface area contributed by atoms with Crippen LogP contribution in [0.25, 0.3) is 0 Å². The van der Waals surface area contributed by atoms with Gasteiger partial charge in [-0.1, -0.05) is 12.2 Å². The lowest BCUT2D eigenvalue weighted by molar-refractivity contribution is 0.560. The van der Waals surface area contributed by atoms with Gasteiger partial charge in [-0.3, -0.25) is 4.98 Å². The molecule has 1 aromatic heterocycles. The van der Waals surface area contributed by atoms with E-state index in [2.05, 4.69) is 10.3 Å². The van der Waals surface area contributed by atoms with Gasteiger partial charge in [0.2, 0.25) is 0 Å². The van der Waals surface area contributed by atoms with Crippen LogP contribution in [-0.4, -0.2) is 35.9 Å². The molecule has 3 N–H and O–H groups in total. The van der Waals surface area contributed by atoms with E-state index in [-0.39, 0.29) is 4.99 Å². The smallest absolute Gasteiger partial charge is 0.154 e. The minimum absolute atomic E-state index is 0.209. The third-order valence-electron chi connectivity index (χ3n) is 2.73. The molecule has 0 fully saturated rings. The van der Waals surface area contributed by atoms with Crippen molar-refractivity contribution in [3.63, 3.8) is 0 Å². The van der Waals surface area contributed by atoms with Crippen molar-refractivity contribution in [2.75, 3.05) is 18.1 Å². The second kappa shape index (κ2) is 5.19. The molecule has 0 unspecified atom stereocenters. The van der Waals surface area contributed by atoms with Crippen LogP contribution in [0.1, 0.15) is 19.5 Å². The quantitative estimate of drug-likeness (QED) is 0.784. The van der Waals surface area contributed by atoms with Crippen LogP contribution in [0.5, 0.6) is 0 Å². The van der Waals surface area contributed by atoms with Gasteiger partial charge in [0.25, 0.3) is 0 Å². The zero-order chi connectivity index (χ0) is 14.0. The first kappa shape index (κ1) is 14.8. The summed E-state index contributed by atoms with van der Waals surface area (Å²) in [6, 6.07) is 3.43. The lowest BCUT2D eigenvalue weighted by atomic mass is 10.2. The highest BCUT2D eigenvalue weighted by Gasteiger charge is 2.29. The van der Waals surface area contributed by atoms with E-state index in [1.165, 1.54) is 6.26 Å². The Morgan fingerprint density at radius 1 is 1.56 bits per heavy atom. The van der Waals surface area contributed by atoms with Gasteiger partial charge in [-0.05, 0) is 26.0 Å². The summed E-state index contributed by atoms with van der Waals surface area (Å²) in [5.41, 5.74) is 6.73. The summed E-state index contributed by atoms with van der Waals surface area (Å²) in [6.07, 6.45) is 2.80. The van der Waals surface area contributed by atoms with E-state index in [0.29, 0.717) is 12.2 Å². The average Bonchev–Trinajstić information content (AvgIpc) is 2.25. The first-order valence-corrected chi connectivity index (χ1v) is 7.63. The molecule has 0 aliphatic rings. The molecule has 0 bridgehead atoms. The van der Waals surface area contributed by atoms with E-state index in [4.69, 9.17) is 18.0 Å². The van der Waals surface area contributed by atoms with Crippen molar-refractivity contribution in [3.8, 4) is 0 Å². The first-order valence-electron chi connectivity index (χ1n) is 5.33. The summed E-state index contributed by atoms with van der Waals surface area (Å²) in [5, 5.41) is 3.05. The van der Waals surface area contributed by atoms with Crippen LogP contribution >= 0.6 is 12.2 Å². The maximum absolute atomic E-state index is 11.6. The molecule has 0 amide bonds. The molecule has 0 saturated heterocycles. The van der Waals surface area contributed by atoms with E-state index in [1.807, 2.05) is 0 Å². The molecule has 0 spiro atoms. The van der Waals surface area contributed by atoms with Crippen LogP contribution in [0.2, 0.25) is 0 Å². The molecule has 1 aromatic rings. The molecule has 0 aliphatic carbocycles. The van der Waals surface area contributed by atoms with Crippen LogP contribution < -0.4 is 11.1 Å². The van der Waals surface area contributed by atoms with Gasteiger partial charge in [0.1, 0.15) is 4.99 Å². The minimum Gasteiger partial charge on any atom is -0.388 e. The van der Waals surface area contributed by atoms with Crippen molar-refractivity contribution in [3.05, 3.63) is 24.0 Å². The van der Waals surface area contributed by atoms with E-state index in [1.54, 1.807) is 32.2 Å². The molecule has 0 aliphatic heterocycles. The van der Waals surface area contributed by atoms with Gasteiger partial charge in [0.05, 0.1) is 10.4 Å². The van der Waals surface area contributed by atoms with Gasteiger partial charge >= 0.3 is 0 Å². The highest BCUT2D eigenvalue weighted by molar-refractivity contribution is 7.92. The molecule has 5 nitrogen and oxygen atoms in total. The highest BCUT2D eigenvalue weighted by Crippen LogP contribution is 2.17. The van der Waals surface area contributed by atoms with Gasteiger partial charge < -0.3 is 11.1 Å². The average molecular weight is 287 g/mol. The number of hydrogen-bond acceptors (Lipinski definition) is 5. The number of aromatic nitrogens is 1. The minimum atomic E-state index is -3.13. The molecule has 7 heteroatoms. The topological polar surface area (TPSA) is 85.1 Å². The molecule has 100 valence electrons. The molecular weight excluding hydrogens is 270 g/mol. The Bertz CT molecular complexity index is 553. The van der Waals surface area contributed by atoms with Crippen molar-refractivity contribution in [1.29, 1.82) is 0 Å². The molecule has 0 saturated carbocycles. The largest absolute Gasteiger partial charge is 0.388 e. The van der Waals surface area contributed by atoms with Crippen LogP contribution in [0.3, 0.4) is 0 Å². The second-order valence-electron chi connectivity index (χ2n) is 4.68. The SMILES string of the molecule is CC(C)(CNc1ccnc(C(N)=S)c1)S(C)(=O)=O.